The molecule has 1 aromatic rings. The van der Waals surface area contributed by atoms with Crippen LogP contribution in [0.1, 0.15) is 5.76 Å². The van der Waals surface area contributed by atoms with E-state index in [1.165, 1.54) is 0 Å². The highest BCUT2D eigenvalue weighted by Crippen LogP contribution is 2.02. The molecule has 0 spiro atoms. The number of hydrogen-bond donors (Lipinski definition) is 1. The molecule has 0 fully saturated rings. The van der Waals surface area contributed by atoms with Crippen molar-refractivity contribution in [2.75, 3.05) is 27.2 Å². The summed E-state index contributed by atoms with van der Waals surface area (Å²) in [6, 6.07) is 3.66. The van der Waals surface area contributed by atoms with E-state index < -0.39 is 6.10 Å². The van der Waals surface area contributed by atoms with Crippen molar-refractivity contribution in [1.82, 2.24) is 4.90 Å². The predicted molar refractivity (Wildman–Crippen MR) is 52.9 cm³/mol. The standard InChI is InChI=1S/C10H17NO3/c1-11(2)6-9(12)7-13-8-10-4-3-5-14-10/h3-5,9,12H,6-8H2,1-2H3. The van der Waals surface area contributed by atoms with Gasteiger partial charge >= 0.3 is 0 Å². The van der Waals surface area contributed by atoms with Crippen molar-refractivity contribution in [3.63, 3.8) is 0 Å². The van der Waals surface area contributed by atoms with E-state index in [0.717, 1.165) is 5.76 Å². The monoisotopic (exact) mass is 199 g/mol. The summed E-state index contributed by atoms with van der Waals surface area (Å²) in [7, 11) is 3.82. The lowest BCUT2D eigenvalue weighted by molar-refractivity contribution is 0.0115. The summed E-state index contributed by atoms with van der Waals surface area (Å²) >= 11 is 0. The molecule has 0 aliphatic carbocycles. The molecule has 0 saturated carbocycles. The Morgan fingerprint density at radius 1 is 1.57 bits per heavy atom. The SMILES string of the molecule is CN(C)CC(O)COCc1ccco1. The average Bonchev–Trinajstić information content (AvgIpc) is 2.55. The Morgan fingerprint density at radius 3 is 2.93 bits per heavy atom. The predicted octanol–water partition coefficient (Wildman–Crippen LogP) is 0.719. The zero-order valence-electron chi connectivity index (χ0n) is 8.64. The van der Waals surface area contributed by atoms with Gasteiger partial charge in [-0.1, -0.05) is 0 Å². The van der Waals surface area contributed by atoms with E-state index in [0.29, 0.717) is 19.8 Å². The molecular weight excluding hydrogens is 182 g/mol. The van der Waals surface area contributed by atoms with Gasteiger partial charge in [-0.25, -0.2) is 0 Å². The number of furan rings is 1. The summed E-state index contributed by atoms with van der Waals surface area (Å²) in [4.78, 5) is 1.92. The van der Waals surface area contributed by atoms with Crippen molar-refractivity contribution in [2.24, 2.45) is 0 Å². The number of likely N-dealkylation sites (N-methyl/N-ethyl adjacent to an activating group) is 1. The van der Waals surface area contributed by atoms with Crippen LogP contribution in [0.25, 0.3) is 0 Å². The number of aliphatic hydroxyl groups is 1. The highest BCUT2D eigenvalue weighted by atomic mass is 16.5. The molecular formula is C10H17NO3. The third-order valence-electron chi connectivity index (χ3n) is 1.71. The van der Waals surface area contributed by atoms with Crippen LogP contribution < -0.4 is 0 Å². The zero-order valence-corrected chi connectivity index (χ0v) is 8.64. The van der Waals surface area contributed by atoms with Gasteiger partial charge < -0.3 is 19.2 Å². The minimum atomic E-state index is -0.444. The van der Waals surface area contributed by atoms with E-state index in [1.807, 2.05) is 31.1 Å². The van der Waals surface area contributed by atoms with Crippen molar-refractivity contribution in [3.8, 4) is 0 Å². The van der Waals surface area contributed by atoms with Crippen molar-refractivity contribution in [2.45, 2.75) is 12.7 Å². The Balaban J connectivity index is 2.09. The number of rotatable bonds is 6. The van der Waals surface area contributed by atoms with Crippen molar-refractivity contribution in [1.29, 1.82) is 0 Å². The third kappa shape index (κ3) is 4.41. The molecule has 0 amide bonds. The van der Waals surface area contributed by atoms with E-state index in [1.54, 1.807) is 6.26 Å². The first-order chi connectivity index (χ1) is 6.68. The Morgan fingerprint density at radius 2 is 2.36 bits per heavy atom. The molecule has 0 aliphatic heterocycles. The topological polar surface area (TPSA) is 45.8 Å². The normalized spacial score (nSPS) is 13.4. The lowest BCUT2D eigenvalue weighted by Gasteiger charge is -2.15. The Kier molecular flexibility index (Phi) is 4.65. The van der Waals surface area contributed by atoms with Crippen molar-refractivity contribution in [3.05, 3.63) is 24.2 Å². The Labute approximate surface area is 84.1 Å². The molecule has 1 rings (SSSR count). The van der Waals surface area contributed by atoms with E-state index in [-0.39, 0.29) is 0 Å². The van der Waals surface area contributed by atoms with Crippen LogP contribution in [0.4, 0.5) is 0 Å². The van der Waals surface area contributed by atoms with Crippen LogP contribution in [-0.4, -0.2) is 43.4 Å². The largest absolute Gasteiger partial charge is 0.467 e. The molecule has 80 valence electrons. The molecule has 0 radical (unpaired) electrons. The summed E-state index contributed by atoms with van der Waals surface area (Å²) in [6.45, 7) is 1.36. The van der Waals surface area contributed by atoms with Crippen LogP contribution in [0.15, 0.2) is 22.8 Å². The Bertz CT molecular complexity index is 234. The molecule has 0 saturated heterocycles. The number of nitrogens with zero attached hydrogens (tertiary/aromatic N) is 1. The van der Waals surface area contributed by atoms with E-state index in [9.17, 15) is 5.11 Å². The minimum absolute atomic E-state index is 0.332. The smallest absolute Gasteiger partial charge is 0.129 e. The van der Waals surface area contributed by atoms with E-state index in [2.05, 4.69) is 0 Å². The van der Waals surface area contributed by atoms with Crippen molar-refractivity contribution < 1.29 is 14.3 Å². The van der Waals surface area contributed by atoms with Gasteiger partial charge in [0.05, 0.1) is 19.0 Å². The summed E-state index contributed by atoms with van der Waals surface area (Å²) in [5, 5.41) is 9.45. The van der Waals surface area contributed by atoms with E-state index >= 15 is 0 Å². The summed E-state index contributed by atoms with van der Waals surface area (Å²) in [5.74, 6) is 0.780. The molecule has 1 N–H and O–H groups in total. The minimum Gasteiger partial charge on any atom is -0.467 e. The first-order valence-electron chi connectivity index (χ1n) is 4.61. The molecule has 1 atom stereocenters. The maximum Gasteiger partial charge on any atom is 0.129 e. The van der Waals surface area contributed by atoms with Gasteiger partial charge in [-0.15, -0.1) is 0 Å². The van der Waals surface area contributed by atoms with Gasteiger partial charge in [0.2, 0.25) is 0 Å². The van der Waals surface area contributed by atoms with Gasteiger partial charge in [-0.05, 0) is 26.2 Å². The number of hydrogen-bond acceptors (Lipinski definition) is 4. The first-order valence-corrected chi connectivity index (χ1v) is 4.61. The fourth-order valence-electron chi connectivity index (χ4n) is 1.16. The fourth-order valence-corrected chi connectivity index (χ4v) is 1.16. The molecule has 4 heteroatoms. The van der Waals surface area contributed by atoms with Crippen LogP contribution in [0, 0.1) is 0 Å². The molecule has 0 aromatic carbocycles. The van der Waals surface area contributed by atoms with Gasteiger partial charge in [-0.2, -0.15) is 0 Å². The maximum absolute atomic E-state index is 9.45. The van der Waals surface area contributed by atoms with Gasteiger partial charge in [0.15, 0.2) is 0 Å². The van der Waals surface area contributed by atoms with Crippen LogP contribution >= 0.6 is 0 Å². The van der Waals surface area contributed by atoms with Crippen LogP contribution in [0.2, 0.25) is 0 Å². The molecule has 1 unspecified atom stereocenters. The zero-order chi connectivity index (χ0) is 10.4. The lowest BCUT2D eigenvalue weighted by atomic mass is 10.3. The van der Waals surface area contributed by atoms with Crippen LogP contribution in [0.5, 0.6) is 0 Å². The average molecular weight is 199 g/mol. The van der Waals surface area contributed by atoms with Gasteiger partial charge in [-0.3, -0.25) is 0 Å². The molecule has 14 heavy (non-hydrogen) atoms. The number of aliphatic hydroxyl groups excluding tert-OH is 1. The Hall–Kier alpha value is -0.840. The summed E-state index contributed by atoms with van der Waals surface area (Å²) < 4.78 is 10.3. The van der Waals surface area contributed by atoms with Gasteiger partial charge in [0.25, 0.3) is 0 Å². The second-order valence-electron chi connectivity index (χ2n) is 3.51. The van der Waals surface area contributed by atoms with Crippen molar-refractivity contribution >= 4 is 0 Å². The number of ether oxygens (including phenoxy) is 1. The summed E-state index contributed by atoms with van der Waals surface area (Å²) in [5.41, 5.74) is 0. The fraction of sp³-hybridized carbons (Fsp3) is 0.600. The molecule has 0 bridgehead atoms. The van der Waals surface area contributed by atoms with Crippen LogP contribution in [0.3, 0.4) is 0 Å². The van der Waals surface area contributed by atoms with Gasteiger partial charge in [0, 0.05) is 6.54 Å². The second-order valence-corrected chi connectivity index (χ2v) is 3.51. The maximum atomic E-state index is 9.45. The lowest BCUT2D eigenvalue weighted by Crippen LogP contribution is -2.29. The molecule has 1 aromatic heterocycles. The van der Waals surface area contributed by atoms with Crippen LogP contribution in [-0.2, 0) is 11.3 Å². The second kappa shape index (κ2) is 5.80. The third-order valence-corrected chi connectivity index (χ3v) is 1.71. The molecule has 4 nitrogen and oxygen atoms in total. The highest BCUT2D eigenvalue weighted by Gasteiger charge is 2.05. The molecule has 0 aliphatic rings. The van der Waals surface area contributed by atoms with E-state index in [4.69, 9.17) is 9.15 Å². The first kappa shape index (κ1) is 11.2. The molecule has 1 heterocycles. The van der Waals surface area contributed by atoms with Gasteiger partial charge in [0.1, 0.15) is 12.4 Å². The summed E-state index contributed by atoms with van der Waals surface area (Å²) in [6.07, 6.45) is 1.16. The quantitative estimate of drug-likeness (QED) is 0.733. The highest BCUT2D eigenvalue weighted by molar-refractivity contribution is 4.96.